The molecule has 3 aromatic rings. The monoisotopic (exact) mass is 673 g/mol. The number of benzene rings is 2. The Morgan fingerprint density at radius 3 is 2.17 bits per heavy atom. The highest BCUT2D eigenvalue weighted by Crippen LogP contribution is 2.40. The summed E-state index contributed by atoms with van der Waals surface area (Å²) in [5.41, 5.74) is -1.54. The van der Waals surface area contributed by atoms with Gasteiger partial charge >= 0.3 is 6.18 Å². The Kier molecular flexibility index (Phi) is 11.2. The van der Waals surface area contributed by atoms with Crippen molar-refractivity contribution >= 4 is 34.5 Å². The molecule has 13 heteroatoms. The number of fused-ring (bicyclic) bond motifs is 3. The van der Waals surface area contributed by atoms with Gasteiger partial charge in [-0.3, -0.25) is 19.2 Å². The molecule has 4 amide bonds. The number of para-hydroxylation sites is 1. The minimum absolute atomic E-state index is 0.00309. The lowest BCUT2D eigenvalue weighted by Gasteiger charge is -2.39. The number of hydrogen-bond donors (Lipinski definition) is 5. The number of rotatable bonds is 12. The summed E-state index contributed by atoms with van der Waals surface area (Å²) in [7, 11) is 1.44. The number of likely N-dealkylation sites (N-methyl/N-ethyl adjacent to an activating group) is 1. The van der Waals surface area contributed by atoms with Gasteiger partial charge in [0.2, 0.25) is 23.6 Å². The van der Waals surface area contributed by atoms with E-state index in [1.54, 1.807) is 19.9 Å². The van der Waals surface area contributed by atoms with Crippen LogP contribution in [0.1, 0.15) is 69.3 Å². The van der Waals surface area contributed by atoms with Gasteiger partial charge in [0.15, 0.2) is 0 Å². The third kappa shape index (κ3) is 7.65. The van der Waals surface area contributed by atoms with Gasteiger partial charge in [-0.1, -0.05) is 70.9 Å². The van der Waals surface area contributed by atoms with Crippen molar-refractivity contribution in [1.82, 2.24) is 26.3 Å². The molecule has 1 heterocycles. The fraction of sp³-hybridized carbons (Fsp3) is 0.486. The van der Waals surface area contributed by atoms with Gasteiger partial charge in [0.25, 0.3) is 0 Å². The predicted molar refractivity (Wildman–Crippen MR) is 173 cm³/mol. The van der Waals surface area contributed by atoms with Crippen LogP contribution in [0.25, 0.3) is 10.9 Å². The molecule has 0 fully saturated rings. The van der Waals surface area contributed by atoms with Crippen molar-refractivity contribution in [3.05, 3.63) is 70.7 Å². The Morgan fingerprint density at radius 2 is 1.56 bits per heavy atom. The summed E-state index contributed by atoms with van der Waals surface area (Å²) in [6.45, 7) is 7.24. The van der Waals surface area contributed by atoms with Gasteiger partial charge in [0.05, 0.1) is 17.5 Å². The smallest absolute Gasteiger partial charge is 0.358 e. The van der Waals surface area contributed by atoms with E-state index >= 15 is 0 Å². The number of alkyl halides is 3. The standard InChI is InChI=1S/C35H43F4N5O4/c1-6-19(3)28(31(46)40-5)43-33(48)34(16-15-26-23(18-34)22-12-10-13-24(30(22)41-26)35(37,38)39)44-32(47)29(20(4)7-2)42-27(45)17-21-11-8-9-14-25(21)36/h8-14,19-20,28-29,41H,6-7,15-18H2,1-5H3,(H,40,46)(H,42,45)(H,43,48)(H,44,47)/t19?,20?,28-,29-,34?/m0/s1. The van der Waals surface area contributed by atoms with E-state index in [0.29, 0.717) is 24.1 Å². The molecule has 0 bridgehead atoms. The molecule has 48 heavy (non-hydrogen) atoms. The van der Waals surface area contributed by atoms with E-state index in [4.69, 9.17) is 0 Å². The van der Waals surface area contributed by atoms with Crippen LogP contribution in [-0.4, -0.2) is 53.3 Å². The Morgan fingerprint density at radius 1 is 0.917 bits per heavy atom. The third-order valence-corrected chi connectivity index (χ3v) is 9.56. The molecule has 1 aromatic heterocycles. The number of aryl methyl sites for hydroxylation is 1. The largest absolute Gasteiger partial charge is 0.418 e. The van der Waals surface area contributed by atoms with E-state index in [-0.39, 0.29) is 48.1 Å². The third-order valence-electron chi connectivity index (χ3n) is 9.56. The maximum absolute atomic E-state index is 14.3. The van der Waals surface area contributed by atoms with E-state index in [9.17, 15) is 36.7 Å². The van der Waals surface area contributed by atoms with Crippen molar-refractivity contribution in [1.29, 1.82) is 0 Å². The topological polar surface area (TPSA) is 132 Å². The molecular weight excluding hydrogens is 630 g/mol. The highest BCUT2D eigenvalue weighted by atomic mass is 19.4. The lowest BCUT2D eigenvalue weighted by molar-refractivity contribution is -0.139. The number of halogens is 4. The summed E-state index contributed by atoms with van der Waals surface area (Å²) in [5, 5.41) is 11.2. The number of H-pyrrole nitrogens is 1. The number of carbonyl (C=O) groups is 4. The minimum atomic E-state index is -4.63. The molecule has 5 N–H and O–H groups in total. The van der Waals surface area contributed by atoms with Gasteiger partial charge in [-0.05, 0) is 47.9 Å². The minimum Gasteiger partial charge on any atom is -0.358 e. The number of aromatic nitrogens is 1. The Bertz CT molecular complexity index is 1670. The molecule has 3 unspecified atom stereocenters. The highest BCUT2D eigenvalue weighted by molar-refractivity contribution is 5.98. The van der Waals surface area contributed by atoms with Crippen LogP contribution in [0.4, 0.5) is 17.6 Å². The van der Waals surface area contributed by atoms with Crippen LogP contribution in [0.5, 0.6) is 0 Å². The molecule has 9 nitrogen and oxygen atoms in total. The van der Waals surface area contributed by atoms with Crippen LogP contribution in [-0.2, 0) is 44.6 Å². The SMILES string of the molecule is CCC(C)[C@H](NC(=O)Cc1ccccc1F)C(=O)NC1(C(=O)N[C@H](C(=O)NC)C(C)CC)CCc2[nH]c3c(C(F)(F)F)cccc3c2C1. The Hall–Kier alpha value is -4.42. The Labute approximate surface area is 277 Å². The molecular formula is C35H43F4N5O4. The van der Waals surface area contributed by atoms with Crippen molar-refractivity contribution in [3.8, 4) is 0 Å². The molecule has 0 saturated carbocycles. The van der Waals surface area contributed by atoms with Crippen molar-refractivity contribution in [2.45, 2.75) is 90.0 Å². The highest BCUT2D eigenvalue weighted by Gasteiger charge is 2.47. The summed E-state index contributed by atoms with van der Waals surface area (Å²) in [6.07, 6.45) is -3.97. The van der Waals surface area contributed by atoms with Crippen molar-refractivity contribution in [3.63, 3.8) is 0 Å². The number of amides is 4. The van der Waals surface area contributed by atoms with Crippen LogP contribution in [0, 0.1) is 17.7 Å². The first kappa shape index (κ1) is 36.4. The fourth-order valence-corrected chi connectivity index (χ4v) is 6.26. The van der Waals surface area contributed by atoms with Gasteiger partial charge in [0.1, 0.15) is 23.4 Å². The first-order valence-electron chi connectivity index (χ1n) is 16.2. The van der Waals surface area contributed by atoms with Gasteiger partial charge < -0.3 is 26.3 Å². The summed E-state index contributed by atoms with van der Waals surface area (Å²) in [5.74, 6) is -3.64. The van der Waals surface area contributed by atoms with E-state index in [0.717, 1.165) is 6.07 Å². The molecule has 260 valence electrons. The van der Waals surface area contributed by atoms with Gasteiger partial charge in [-0.2, -0.15) is 13.2 Å². The zero-order valence-corrected chi connectivity index (χ0v) is 27.7. The zero-order chi connectivity index (χ0) is 35.4. The Balaban J connectivity index is 1.73. The predicted octanol–water partition coefficient (Wildman–Crippen LogP) is 4.72. The van der Waals surface area contributed by atoms with Crippen molar-refractivity contribution in [2.75, 3.05) is 7.05 Å². The van der Waals surface area contributed by atoms with Crippen LogP contribution in [0.15, 0.2) is 42.5 Å². The molecule has 5 atom stereocenters. The molecule has 0 radical (unpaired) electrons. The molecule has 0 spiro atoms. The van der Waals surface area contributed by atoms with E-state index < -0.39 is 64.7 Å². The molecule has 2 aromatic carbocycles. The quantitative estimate of drug-likeness (QED) is 0.178. The number of aromatic amines is 1. The van der Waals surface area contributed by atoms with Crippen LogP contribution < -0.4 is 21.3 Å². The van der Waals surface area contributed by atoms with Gasteiger partial charge in [-0.15, -0.1) is 0 Å². The number of nitrogens with one attached hydrogen (secondary N) is 5. The molecule has 1 aliphatic rings. The first-order valence-corrected chi connectivity index (χ1v) is 16.2. The van der Waals surface area contributed by atoms with Crippen LogP contribution in [0.3, 0.4) is 0 Å². The van der Waals surface area contributed by atoms with Crippen molar-refractivity contribution in [2.24, 2.45) is 11.8 Å². The summed E-state index contributed by atoms with van der Waals surface area (Å²) >= 11 is 0. The number of hydrogen-bond acceptors (Lipinski definition) is 4. The van der Waals surface area contributed by atoms with E-state index in [2.05, 4.69) is 26.3 Å². The second-order valence-corrected chi connectivity index (χ2v) is 12.7. The molecule has 1 aliphatic carbocycles. The zero-order valence-electron chi connectivity index (χ0n) is 27.7. The molecule has 4 rings (SSSR count). The van der Waals surface area contributed by atoms with E-state index in [1.807, 2.05) is 13.8 Å². The van der Waals surface area contributed by atoms with Gasteiger partial charge in [-0.25, -0.2) is 4.39 Å². The fourth-order valence-electron chi connectivity index (χ4n) is 6.26. The maximum Gasteiger partial charge on any atom is 0.418 e. The normalized spacial score (nSPS) is 18.6. The van der Waals surface area contributed by atoms with Crippen LogP contribution >= 0.6 is 0 Å². The average molecular weight is 674 g/mol. The maximum atomic E-state index is 14.3. The van der Waals surface area contributed by atoms with Crippen molar-refractivity contribution < 1.29 is 36.7 Å². The summed E-state index contributed by atoms with van der Waals surface area (Å²) in [6, 6.07) is 7.53. The average Bonchev–Trinajstić information content (AvgIpc) is 3.43. The lowest BCUT2D eigenvalue weighted by atomic mass is 9.78. The second-order valence-electron chi connectivity index (χ2n) is 12.7. The molecule has 0 saturated heterocycles. The molecule has 0 aliphatic heterocycles. The second kappa shape index (κ2) is 14.8. The van der Waals surface area contributed by atoms with E-state index in [1.165, 1.54) is 37.4 Å². The summed E-state index contributed by atoms with van der Waals surface area (Å²) < 4.78 is 56.1. The lowest BCUT2D eigenvalue weighted by Crippen LogP contribution is -2.67. The summed E-state index contributed by atoms with van der Waals surface area (Å²) in [4.78, 5) is 57.3. The number of carbonyl (C=O) groups excluding carboxylic acids is 4. The van der Waals surface area contributed by atoms with Crippen LogP contribution in [0.2, 0.25) is 0 Å². The van der Waals surface area contributed by atoms with Gasteiger partial charge in [0, 0.05) is 24.5 Å². The first-order chi connectivity index (χ1) is 22.6.